The lowest BCUT2D eigenvalue weighted by atomic mass is 10.1. The van der Waals surface area contributed by atoms with Crippen LogP contribution >= 0.6 is 11.6 Å². The molecule has 0 atom stereocenters. The van der Waals surface area contributed by atoms with E-state index < -0.39 is 5.82 Å². The first-order chi connectivity index (χ1) is 8.97. The number of hydrogen-bond donors (Lipinski definition) is 1. The van der Waals surface area contributed by atoms with Crippen LogP contribution in [0.25, 0.3) is 0 Å². The van der Waals surface area contributed by atoms with Crippen molar-refractivity contribution in [1.82, 2.24) is 0 Å². The molecule has 0 aliphatic heterocycles. The highest BCUT2D eigenvalue weighted by Crippen LogP contribution is 2.20. The lowest BCUT2D eigenvalue weighted by Gasteiger charge is -2.09. The van der Waals surface area contributed by atoms with Crippen molar-refractivity contribution in [1.29, 1.82) is 0 Å². The minimum Gasteiger partial charge on any atom is -0.319 e. The zero-order chi connectivity index (χ0) is 14.0. The van der Waals surface area contributed by atoms with E-state index in [1.807, 2.05) is 26.0 Å². The summed E-state index contributed by atoms with van der Waals surface area (Å²) < 4.78 is 13.6. The van der Waals surface area contributed by atoms with E-state index in [0.717, 1.165) is 11.1 Å². The Labute approximate surface area is 116 Å². The number of halogens is 2. The van der Waals surface area contributed by atoms with E-state index in [1.54, 1.807) is 6.07 Å². The first kappa shape index (κ1) is 13.6. The fourth-order valence-corrected chi connectivity index (χ4v) is 1.92. The summed E-state index contributed by atoms with van der Waals surface area (Å²) in [6, 6.07) is 9.71. The molecular formula is C15H13ClFNO. The number of amides is 1. The highest BCUT2D eigenvalue weighted by molar-refractivity contribution is 6.30. The number of rotatable bonds is 2. The van der Waals surface area contributed by atoms with E-state index in [0.29, 0.717) is 10.6 Å². The van der Waals surface area contributed by atoms with Crippen LogP contribution in [0.15, 0.2) is 36.4 Å². The Morgan fingerprint density at radius 2 is 1.89 bits per heavy atom. The quantitative estimate of drug-likeness (QED) is 0.869. The van der Waals surface area contributed by atoms with Crippen LogP contribution in [-0.4, -0.2) is 5.91 Å². The van der Waals surface area contributed by atoms with E-state index >= 15 is 0 Å². The molecule has 2 nitrogen and oxygen atoms in total. The second-order valence-corrected chi connectivity index (χ2v) is 4.83. The molecule has 98 valence electrons. The molecular weight excluding hydrogens is 265 g/mol. The second kappa shape index (κ2) is 5.41. The summed E-state index contributed by atoms with van der Waals surface area (Å²) >= 11 is 5.66. The van der Waals surface area contributed by atoms with Crippen molar-refractivity contribution >= 4 is 23.2 Å². The third-order valence-corrected chi connectivity index (χ3v) is 3.05. The van der Waals surface area contributed by atoms with E-state index in [4.69, 9.17) is 11.6 Å². The fourth-order valence-electron chi connectivity index (χ4n) is 1.76. The lowest BCUT2D eigenvalue weighted by molar-refractivity contribution is 0.102. The van der Waals surface area contributed by atoms with Gasteiger partial charge in [-0.05, 0) is 43.7 Å². The topological polar surface area (TPSA) is 29.1 Å². The number of carbonyl (C=O) groups is 1. The van der Waals surface area contributed by atoms with Gasteiger partial charge in [-0.25, -0.2) is 4.39 Å². The number of anilines is 1. The summed E-state index contributed by atoms with van der Waals surface area (Å²) in [6.07, 6.45) is 0. The lowest BCUT2D eigenvalue weighted by Crippen LogP contribution is -2.14. The zero-order valence-electron chi connectivity index (χ0n) is 10.6. The Morgan fingerprint density at radius 1 is 1.16 bits per heavy atom. The molecule has 0 radical (unpaired) electrons. The molecule has 0 saturated heterocycles. The van der Waals surface area contributed by atoms with Crippen LogP contribution in [0, 0.1) is 19.7 Å². The van der Waals surface area contributed by atoms with Gasteiger partial charge >= 0.3 is 0 Å². The van der Waals surface area contributed by atoms with Crippen LogP contribution in [0.2, 0.25) is 5.02 Å². The first-order valence-electron chi connectivity index (χ1n) is 5.81. The van der Waals surface area contributed by atoms with Crippen LogP contribution in [0.3, 0.4) is 0 Å². The molecule has 0 fully saturated rings. The molecule has 2 aromatic carbocycles. The summed E-state index contributed by atoms with van der Waals surface area (Å²) in [7, 11) is 0. The maximum Gasteiger partial charge on any atom is 0.256 e. The molecule has 4 heteroatoms. The van der Waals surface area contributed by atoms with Crippen LogP contribution in [-0.2, 0) is 0 Å². The predicted octanol–water partition coefficient (Wildman–Crippen LogP) is 4.35. The van der Waals surface area contributed by atoms with Gasteiger partial charge in [-0.1, -0.05) is 29.3 Å². The number of aryl methyl sites for hydroxylation is 2. The molecule has 0 aliphatic rings. The van der Waals surface area contributed by atoms with Crippen LogP contribution < -0.4 is 5.32 Å². The Bertz CT molecular complexity index is 640. The maximum atomic E-state index is 13.6. The third kappa shape index (κ3) is 3.12. The molecule has 0 aliphatic carbocycles. The van der Waals surface area contributed by atoms with Crippen molar-refractivity contribution < 1.29 is 9.18 Å². The minimum atomic E-state index is -0.550. The minimum absolute atomic E-state index is 0.121. The molecule has 2 aromatic rings. The molecule has 1 N–H and O–H groups in total. The van der Waals surface area contributed by atoms with Crippen LogP contribution in [0.4, 0.5) is 10.1 Å². The van der Waals surface area contributed by atoms with Gasteiger partial charge in [-0.2, -0.15) is 0 Å². The van der Waals surface area contributed by atoms with Crippen molar-refractivity contribution in [2.45, 2.75) is 13.8 Å². The van der Waals surface area contributed by atoms with Crippen molar-refractivity contribution in [2.24, 2.45) is 0 Å². The van der Waals surface area contributed by atoms with E-state index in [-0.39, 0.29) is 11.6 Å². The van der Waals surface area contributed by atoms with E-state index in [9.17, 15) is 9.18 Å². The summed E-state index contributed by atoms with van der Waals surface area (Å²) in [4.78, 5) is 12.1. The molecule has 0 aromatic heterocycles. The average molecular weight is 278 g/mol. The standard InChI is InChI=1S/C15H13ClFNO/c1-9-3-4-10(2)12(7-9)15(19)18-14-6-5-11(16)8-13(14)17/h3-8H,1-2H3,(H,18,19). The Kier molecular flexibility index (Phi) is 3.86. The van der Waals surface area contributed by atoms with Gasteiger partial charge in [0.05, 0.1) is 5.69 Å². The van der Waals surface area contributed by atoms with Crippen molar-refractivity contribution in [3.05, 3.63) is 63.9 Å². The monoisotopic (exact) mass is 277 g/mol. The summed E-state index contributed by atoms with van der Waals surface area (Å²) in [5.41, 5.74) is 2.48. The number of hydrogen-bond acceptors (Lipinski definition) is 1. The molecule has 2 rings (SSSR count). The molecule has 0 unspecified atom stereocenters. The molecule has 1 amide bonds. The summed E-state index contributed by atoms with van der Waals surface area (Å²) in [6.45, 7) is 3.74. The van der Waals surface area contributed by atoms with Gasteiger partial charge in [0.15, 0.2) is 0 Å². The van der Waals surface area contributed by atoms with Gasteiger partial charge < -0.3 is 5.32 Å². The largest absolute Gasteiger partial charge is 0.319 e. The zero-order valence-corrected chi connectivity index (χ0v) is 11.4. The summed E-state index contributed by atoms with van der Waals surface area (Å²) in [5, 5.41) is 2.84. The number of carbonyl (C=O) groups excluding carboxylic acids is 1. The van der Waals surface area contributed by atoms with Crippen LogP contribution in [0.1, 0.15) is 21.5 Å². The van der Waals surface area contributed by atoms with Crippen molar-refractivity contribution in [3.63, 3.8) is 0 Å². The Balaban J connectivity index is 2.28. The normalized spacial score (nSPS) is 10.3. The highest BCUT2D eigenvalue weighted by atomic mass is 35.5. The fraction of sp³-hybridized carbons (Fsp3) is 0.133. The van der Waals surface area contributed by atoms with Gasteiger partial charge in [-0.3, -0.25) is 4.79 Å². The van der Waals surface area contributed by atoms with Crippen molar-refractivity contribution in [3.8, 4) is 0 Å². The molecule has 19 heavy (non-hydrogen) atoms. The van der Waals surface area contributed by atoms with Gasteiger partial charge in [0, 0.05) is 10.6 Å². The van der Waals surface area contributed by atoms with Crippen LogP contribution in [0.5, 0.6) is 0 Å². The number of nitrogens with one attached hydrogen (secondary N) is 1. The molecule has 0 saturated carbocycles. The Morgan fingerprint density at radius 3 is 2.58 bits per heavy atom. The molecule has 0 bridgehead atoms. The maximum absolute atomic E-state index is 13.6. The second-order valence-electron chi connectivity index (χ2n) is 4.40. The van der Waals surface area contributed by atoms with E-state index in [2.05, 4.69) is 5.32 Å². The van der Waals surface area contributed by atoms with E-state index in [1.165, 1.54) is 18.2 Å². The van der Waals surface area contributed by atoms with Gasteiger partial charge in [0.2, 0.25) is 0 Å². The highest BCUT2D eigenvalue weighted by Gasteiger charge is 2.12. The smallest absolute Gasteiger partial charge is 0.256 e. The SMILES string of the molecule is Cc1ccc(C)c(C(=O)Nc2ccc(Cl)cc2F)c1. The van der Waals surface area contributed by atoms with Gasteiger partial charge in [0.1, 0.15) is 5.82 Å². The van der Waals surface area contributed by atoms with Gasteiger partial charge in [-0.15, -0.1) is 0 Å². The predicted molar refractivity (Wildman–Crippen MR) is 75.3 cm³/mol. The summed E-state index contributed by atoms with van der Waals surface area (Å²) in [5.74, 6) is -0.881. The van der Waals surface area contributed by atoms with Gasteiger partial charge in [0.25, 0.3) is 5.91 Å². The van der Waals surface area contributed by atoms with Crippen molar-refractivity contribution in [2.75, 3.05) is 5.32 Å². The third-order valence-electron chi connectivity index (χ3n) is 2.82. The Hall–Kier alpha value is -1.87. The molecule has 0 spiro atoms. The first-order valence-corrected chi connectivity index (χ1v) is 6.19. The number of benzene rings is 2. The molecule has 0 heterocycles. The average Bonchev–Trinajstić information content (AvgIpc) is 2.35.